The van der Waals surface area contributed by atoms with Crippen LogP contribution in [0.25, 0.3) is 0 Å². The third-order valence-corrected chi connectivity index (χ3v) is 2.31. The van der Waals surface area contributed by atoms with Crippen LogP contribution in [0.3, 0.4) is 0 Å². The van der Waals surface area contributed by atoms with E-state index in [9.17, 15) is 0 Å². The minimum Gasteiger partial charge on any atom is -0.369 e. The molecule has 0 amide bonds. The van der Waals surface area contributed by atoms with Crippen LogP contribution in [0.15, 0.2) is 18.2 Å². The van der Waals surface area contributed by atoms with Gasteiger partial charge in [-0.3, -0.25) is 0 Å². The van der Waals surface area contributed by atoms with E-state index in [-0.39, 0.29) is 0 Å². The maximum absolute atomic E-state index is 5.50. The number of rotatable bonds is 0. The standard InChI is InChI=1S/C10H12O/c1-7-4-3-5-9-6-11-8(2)10(7)9/h3-5,8H,6H2,1-2H3. The molecule has 0 spiro atoms. The third kappa shape index (κ3) is 0.962. The Morgan fingerprint density at radius 3 is 3.00 bits per heavy atom. The molecule has 1 heterocycles. The molecule has 11 heavy (non-hydrogen) atoms. The van der Waals surface area contributed by atoms with Crippen LogP contribution in [0.2, 0.25) is 0 Å². The fraction of sp³-hybridized carbons (Fsp3) is 0.400. The highest BCUT2D eigenvalue weighted by molar-refractivity contribution is 5.37. The smallest absolute Gasteiger partial charge is 0.0807 e. The van der Waals surface area contributed by atoms with Gasteiger partial charge in [-0.1, -0.05) is 18.2 Å². The molecule has 1 aromatic rings. The van der Waals surface area contributed by atoms with E-state index in [4.69, 9.17) is 4.74 Å². The van der Waals surface area contributed by atoms with E-state index in [0.29, 0.717) is 6.10 Å². The van der Waals surface area contributed by atoms with Gasteiger partial charge in [-0.15, -0.1) is 0 Å². The predicted molar refractivity (Wildman–Crippen MR) is 44.4 cm³/mol. The zero-order chi connectivity index (χ0) is 7.84. The average molecular weight is 148 g/mol. The van der Waals surface area contributed by atoms with Crippen LogP contribution in [0.4, 0.5) is 0 Å². The van der Waals surface area contributed by atoms with Gasteiger partial charge >= 0.3 is 0 Å². The van der Waals surface area contributed by atoms with E-state index in [1.807, 2.05) is 0 Å². The number of benzene rings is 1. The highest BCUT2D eigenvalue weighted by Gasteiger charge is 2.19. The molecule has 2 rings (SSSR count). The topological polar surface area (TPSA) is 9.23 Å². The van der Waals surface area contributed by atoms with Crippen molar-refractivity contribution < 1.29 is 4.74 Å². The summed E-state index contributed by atoms with van der Waals surface area (Å²) >= 11 is 0. The van der Waals surface area contributed by atoms with E-state index in [1.54, 1.807) is 0 Å². The van der Waals surface area contributed by atoms with Gasteiger partial charge in [0.1, 0.15) is 0 Å². The lowest BCUT2D eigenvalue weighted by molar-refractivity contribution is 0.0794. The molecule has 0 fully saturated rings. The Morgan fingerprint density at radius 1 is 1.45 bits per heavy atom. The molecule has 0 bridgehead atoms. The molecule has 58 valence electrons. The average Bonchev–Trinajstić information content (AvgIpc) is 2.34. The Hall–Kier alpha value is -0.820. The van der Waals surface area contributed by atoms with Crippen molar-refractivity contribution in [3.05, 3.63) is 34.9 Å². The first-order chi connectivity index (χ1) is 5.29. The van der Waals surface area contributed by atoms with E-state index in [1.165, 1.54) is 16.7 Å². The first-order valence-corrected chi connectivity index (χ1v) is 3.99. The molecular formula is C10H12O. The van der Waals surface area contributed by atoms with Crippen molar-refractivity contribution in [1.82, 2.24) is 0 Å². The van der Waals surface area contributed by atoms with E-state index in [2.05, 4.69) is 32.0 Å². The molecule has 0 radical (unpaired) electrons. The Labute approximate surface area is 67.0 Å². The predicted octanol–water partition coefficient (Wildman–Crippen LogP) is 2.59. The maximum atomic E-state index is 5.50. The highest BCUT2D eigenvalue weighted by Crippen LogP contribution is 2.32. The zero-order valence-corrected chi connectivity index (χ0v) is 6.92. The summed E-state index contributed by atoms with van der Waals surface area (Å²) < 4.78 is 5.50. The third-order valence-electron chi connectivity index (χ3n) is 2.31. The van der Waals surface area contributed by atoms with Crippen LogP contribution in [0.5, 0.6) is 0 Å². The summed E-state index contributed by atoms with van der Waals surface area (Å²) in [7, 11) is 0. The van der Waals surface area contributed by atoms with Gasteiger partial charge in [0.05, 0.1) is 12.7 Å². The molecule has 1 heteroatoms. The minimum atomic E-state index is 0.297. The molecule has 0 aliphatic carbocycles. The Morgan fingerprint density at radius 2 is 2.27 bits per heavy atom. The van der Waals surface area contributed by atoms with Crippen LogP contribution in [0, 0.1) is 6.92 Å². The van der Waals surface area contributed by atoms with Crippen LogP contribution in [-0.2, 0) is 11.3 Å². The summed E-state index contributed by atoms with van der Waals surface area (Å²) in [6, 6.07) is 6.38. The summed E-state index contributed by atoms with van der Waals surface area (Å²) in [5, 5.41) is 0. The van der Waals surface area contributed by atoms with Gasteiger partial charge in [0.15, 0.2) is 0 Å². The van der Waals surface area contributed by atoms with Gasteiger partial charge in [0.2, 0.25) is 0 Å². The summed E-state index contributed by atoms with van der Waals surface area (Å²) in [5.74, 6) is 0. The van der Waals surface area contributed by atoms with Gasteiger partial charge in [0.25, 0.3) is 0 Å². The van der Waals surface area contributed by atoms with E-state index < -0.39 is 0 Å². The van der Waals surface area contributed by atoms with E-state index >= 15 is 0 Å². The van der Waals surface area contributed by atoms with Gasteiger partial charge in [-0.2, -0.15) is 0 Å². The molecule has 1 aliphatic rings. The number of hydrogen-bond acceptors (Lipinski definition) is 1. The van der Waals surface area contributed by atoms with Crippen LogP contribution >= 0.6 is 0 Å². The SMILES string of the molecule is Cc1cccc2c1C(C)OC2. The number of fused-ring (bicyclic) bond motifs is 1. The number of hydrogen-bond donors (Lipinski definition) is 0. The van der Waals surface area contributed by atoms with Crippen LogP contribution in [0.1, 0.15) is 29.7 Å². The summed E-state index contributed by atoms with van der Waals surface area (Å²) in [5.41, 5.74) is 4.11. The van der Waals surface area contributed by atoms with Crippen molar-refractivity contribution in [2.45, 2.75) is 26.6 Å². The number of aryl methyl sites for hydroxylation is 1. The van der Waals surface area contributed by atoms with Crippen molar-refractivity contribution in [3.8, 4) is 0 Å². The van der Waals surface area contributed by atoms with Gasteiger partial charge in [-0.25, -0.2) is 0 Å². The lowest BCUT2D eigenvalue weighted by atomic mass is 10.0. The Bertz CT molecular complexity index is 278. The van der Waals surface area contributed by atoms with Crippen LogP contribution in [-0.4, -0.2) is 0 Å². The molecule has 0 N–H and O–H groups in total. The fourth-order valence-corrected chi connectivity index (χ4v) is 1.75. The Balaban J connectivity index is 2.58. The van der Waals surface area contributed by atoms with Gasteiger partial charge in [0, 0.05) is 0 Å². The zero-order valence-electron chi connectivity index (χ0n) is 6.92. The van der Waals surface area contributed by atoms with Crippen molar-refractivity contribution in [2.24, 2.45) is 0 Å². The molecule has 1 unspecified atom stereocenters. The van der Waals surface area contributed by atoms with Gasteiger partial charge in [-0.05, 0) is 30.5 Å². The normalized spacial score (nSPS) is 21.8. The second-order valence-corrected chi connectivity index (χ2v) is 3.10. The molecule has 0 saturated heterocycles. The maximum Gasteiger partial charge on any atom is 0.0807 e. The quantitative estimate of drug-likeness (QED) is 0.549. The first kappa shape index (κ1) is 6.86. The monoisotopic (exact) mass is 148 g/mol. The van der Waals surface area contributed by atoms with Crippen molar-refractivity contribution in [2.75, 3.05) is 0 Å². The fourth-order valence-electron chi connectivity index (χ4n) is 1.75. The molecule has 1 aliphatic heterocycles. The van der Waals surface area contributed by atoms with Gasteiger partial charge < -0.3 is 4.74 Å². The molecule has 0 saturated carbocycles. The summed E-state index contributed by atoms with van der Waals surface area (Å²) in [6.07, 6.45) is 0.297. The van der Waals surface area contributed by atoms with E-state index in [0.717, 1.165) is 6.61 Å². The summed E-state index contributed by atoms with van der Waals surface area (Å²) in [6.45, 7) is 5.04. The highest BCUT2D eigenvalue weighted by atomic mass is 16.5. The van der Waals surface area contributed by atoms with Crippen LogP contribution < -0.4 is 0 Å². The number of ether oxygens (including phenoxy) is 1. The molecule has 1 atom stereocenters. The molecular weight excluding hydrogens is 136 g/mol. The molecule has 0 aromatic heterocycles. The minimum absolute atomic E-state index is 0.297. The molecule has 1 aromatic carbocycles. The molecule has 1 nitrogen and oxygen atoms in total. The second kappa shape index (κ2) is 2.35. The van der Waals surface area contributed by atoms with Crippen molar-refractivity contribution in [3.63, 3.8) is 0 Å². The first-order valence-electron chi connectivity index (χ1n) is 3.99. The van der Waals surface area contributed by atoms with Crippen molar-refractivity contribution >= 4 is 0 Å². The largest absolute Gasteiger partial charge is 0.369 e. The summed E-state index contributed by atoms with van der Waals surface area (Å²) in [4.78, 5) is 0. The lowest BCUT2D eigenvalue weighted by Gasteiger charge is -2.05. The lowest BCUT2D eigenvalue weighted by Crippen LogP contribution is -1.91. The second-order valence-electron chi connectivity index (χ2n) is 3.10. The Kier molecular flexibility index (Phi) is 1.46. The van der Waals surface area contributed by atoms with Crippen molar-refractivity contribution in [1.29, 1.82) is 0 Å².